The van der Waals surface area contributed by atoms with Gasteiger partial charge in [-0.3, -0.25) is 4.79 Å². The van der Waals surface area contributed by atoms with Crippen LogP contribution in [0, 0.1) is 0 Å². The molecule has 106 valence electrons. The van der Waals surface area contributed by atoms with Crippen molar-refractivity contribution in [2.75, 3.05) is 13.7 Å². The number of carbonyl (C=O) groups excluding carboxylic acids is 1. The summed E-state index contributed by atoms with van der Waals surface area (Å²) in [4.78, 5) is 15.0. The van der Waals surface area contributed by atoms with Crippen molar-refractivity contribution in [3.05, 3.63) is 51.2 Å². The van der Waals surface area contributed by atoms with Crippen LogP contribution in [0.2, 0.25) is 4.34 Å². The predicted octanol–water partition coefficient (Wildman–Crippen LogP) is 4.07. The number of nitrogens with zero attached hydrogens (tertiary/aromatic N) is 1. The van der Waals surface area contributed by atoms with Crippen molar-refractivity contribution in [1.29, 1.82) is 0 Å². The molecule has 0 saturated heterocycles. The fourth-order valence-electron chi connectivity index (χ4n) is 1.82. The summed E-state index contributed by atoms with van der Waals surface area (Å²) in [6, 6.07) is 11.0. The second-order valence-electron chi connectivity index (χ2n) is 4.32. The van der Waals surface area contributed by atoms with E-state index in [1.165, 1.54) is 11.3 Å². The number of benzene rings is 1. The Bertz CT molecular complexity index is 580. The number of rotatable bonds is 5. The predicted molar refractivity (Wildman–Crippen MR) is 82.7 cm³/mol. The highest BCUT2D eigenvalue weighted by molar-refractivity contribution is 7.16. The van der Waals surface area contributed by atoms with Gasteiger partial charge in [-0.2, -0.15) is 0 Å². The van der Waals surface area contributed by atoms with Gasteiger partial charge in [0.25, 0.3) is 5.91 Å². The lowest BCUT2D eigenvalue weighted by atomic mass is 10.2. The summed E-state index contributed by atoms with van der Waals surface area (Å²) in [5.74, 6) is 0.759. The molecule has 20 heavy (non-hydrogen) atoms. The molecule has 0 aliphatic heterocycles. The lowest BCUT2D eigenvalue weighted by Crippen LogP contribution is -2.25. The van der Waals surface area contributed by atoms with Crippen molar-refractivity contribution in [3.8, 4) is 5.75 Å². The molecule has 2 rings (SSSR count). The minimum absolute atomic E-state index is 0.0161. The van der Waals surface area contributed by atoms with Gasteiger partial charge in [0.1, 0.15) is 5.75 Å². The van der Waals surface area contributed by atoms with E-state index in [0.29, 0.717) is 18.7 Å². The molecule has 0 radical (unpaired) electrons. The topological polar surface area (TPSA) is 29.5 Å². The zero-order chi connectivity index (χ0) is 14.5. The number of hydrogen-bond acceptors (Lipinski definition) is 3. The smallest absolute Gasteiger partial charge is 0.253 e. The molecule has 0 fully saturated rings. The van der Waals surface area contributed by atoms with E-state index in [-0.39, 0.29) is 5.91 Å². The standard InChI is InChI=1S/C15H16ClNO2S/c1-3-19-12-6-4-11(5-7-12)15(18)17(2)10-13-8-9-14(16)20-13/h4-9H,3,10H2,1-2H3. The molecule has 1 aromatic heterocycles. The molecule has 1 aromatic carbocycles. The maximum atomic E-state index is 12.3. The third-order valence-corrected chi connectivity index (χ3v) is 4.00. The van der Waals surface area contributed by atoms with Crippen LogP contribution in [0.1, 0.15) is 22.2 Å². The van der Waals surface area contributed by atoms with Gasteiger partial charge >= 0.3 is 0 Å². The summed E-state index contributed by atoms with van der Waals surface area (Å²) in [5.41, 5.74) is 0.651. The quantitative estimate of drug-likeness (QED) is 0.833. The SMILES string of the molecule is CCOc1ccc(C(=O)N(C)Cc2ccc(Cl)s2)cc1. The fourth-order valence-corrected chi connectivity index (χ4v) is 2.96. The number of amides is 1. The third-order valence-electron chi connectivity index (χ3n) is 2.78. The zero-order valence-electron chi connectivity index (χ0n) is 11.4. The van der Waals surface area contributed by atoms with E-state index in [1.807, 2.05) is 31.2 Å². The Morgan fingerprint density at radius 3 is 2.50 bits per heavy atom. The summed E-state index contributed by atoms with van der Waals surface area (Å²) >= 11 is 7.38. The highest BCUT2D eigenvalue weighted by atomic mass is 35.5. The van der Waals surface area contributed by atoms with Crippen LogP contribution in [-0.4, -0.2) is 24.5 Å². The molecule has 1 amide bonds. The van der Waals surface area contributed by atoms with E-state index in [9.17, 15) is 4.79 Å². The molecule has 0 N–H and O–H groups in total. The van der Waals surface area contributed by atoms with E-state index in [2.05, 4.69) is 0 Å². The number of halogens is 1. The number of carbonyl (C=O) groups is 1. The maximum Gasteiger partial charge on any atom is 0.253 e. The van der Waals surface area contributed by atoms with Gasteiger partial charge in [0, 0.05) is 17.5 Å². The first-order chi connectivity index (χ1) is 9.60. The lowest BCUT2D eigenvalue weighted by molar-refractivity contribution is 0.0786. The Morgan fingerprint density at radius 2 is 1.95 bits per heavy atom. The Morgan fingerprint density at radius 1 is 1.25 bits per heavy atom. The van der Waals surface area contributed by atoms with Crippen molar-refractivity contribution < 1.29 is 9.53 Å². The second kappa shape index (κ2) is 6.77. The number of ether oxygens (including phenoxy) is 1. The van der Waals surface area contributed by atoms with Gasteiger partial charge in [0.15, 0.2) is 0 Å². The lowest BCUT2D eigenvalue weighted by Gasteiger charge is -2.16. The number of thiophene rings is 1. The first-order valence-corrected chi connectivity index (χ1v) is 7.52. The maximum absolute atomic E-state index is 12.3. The molecule has 0 bridgehead atoms. The molecule has 3 nitrogen and oxygen atoms in total. The molecule has 5 heteroatoms. The molecule has 0 saturated carbocycles. The first kappa shape index (κ1) is 14.9. The van der Waals surface area contributed by atoms with Gasteiger partial charge < -0.3 is 9.64 Å². The average Bonchev–Trinajstić information content (AvgIpc) is 2.84. The summed E-state index contributed by atoms with van der Waals surface area (Å²) < 4.78 is 6.10. The summed E-state index contributed by atoms with van der Waals surface area (Å²) in [5, 5.41) is 0. The van der Waals surface area contributed by atoms with Crippen LogP contribution in [0.15, 0.2) is 36.4 Å². The van der Waals surface area contributed by atoms with E-state index >= 15 is 0 Å². The van der Waals surface area contributed by atoms with Crippen LogP contribution in [0.4, 0.5) is 0 Å². The van der Waals surface area contributed by atoms with Crippen molar-refractivity contribution >= 4 is 28.8 Å². The monoisotopic (exact) mass is 309 g/mol. The van der Waals surface area contributed by atoms with Crippen molar-refractivity contribution in [2.24, 2.45) is 0 Å². The van der Waals surface area contributed by atoms with Crippen LogP contribution in [0.5, 0.6) is 5.75 Å². The Balaban J connectivity index is 2.02. The molecule has 2 aromatic rings. The van der Waals surface area contributed by atoms with Crippen molar-refractivity contribution in [2.45, 2.75) is 13.5 Å². The van der Waals surface area contributed by atoms with E-state index in [0.717, 1.165) is 15.0 Å². The summed E-state index contributed by atoms with van der Waals surface area (Å²) in [6.45, 7) is 3.11. The normalized spacial score (nSPS) is 10.3. The van der Waals surface area contributed by atoms with Gasteiger partial charge in [-0.25, -0.2) is 0 Å². The second-order valence-corrected chi connectivity index (χ2v) is 6.12. The zero-order valence-corrected chi connectivity index (χ0v) is 13.0. The highest BCUT2D eigenvalue weighted by Crippen LogP contribution is 2.23. The van der Waals surface area contributed by atoms with E-state index in [1.54, 1.807) is 24.1 Å². The largest absolute Gasteiger partial charge is 0.494 e. The number of hydrogen-bond donors (Lipinski definition) is 0. The fraction of sp³-hybridized carbons (Fsp3) is 0.267. The Kier molecular flexibility index (Phi) is 5.04. The first-order valence-electron chi connectivity index (χ1n) is 6.32. The highest BCUT2D eigenvalue weighted by Gasteiger charge is 2.13. The van der Waals surface area contributed by atoms with Gasteiger partial charge in [-0.15, -0.1) is 11.3 Å². The molecule has 1 heterocycles. The van der Waals surface area contributed by atoms with Crippen LogP contribution in [-0.2, 0) is 6.54 Å². The molecule has 0 aliphatic carbocycles. The van der Waals surface area contributed by atoms with E-state index in [4.69, 9.17) is 16.3 Å². The Labute approximate surface area is 127 Å². The minimum atomic E-state index is -0.0161. The van der Waals surface area contributed by atoms with Gasteiger partial charge in [-0.05, 0) is 43.3 Å². The van der Waals surface area contributed by atoms with Crippen molar-refractivity contribution in [1.82, 2.24) is 4.90 Å². The van der Waals surface area contributed by atoms with Crippen LogP contribution in [0.25, 0.3) is 0 Å². The molecular weight excluding hydrogens is 294 g/mol. The van der Waals surface area contributed by atoms with Gasteiger partial charge in [-0.1, -0.05) is 11.6 Å². The molecule has 0 atom stereocenters. The minimum Gasteiger partial charge on any atom is -0.494 e. The van der Waals surface area contributed by atoms with Crippen LogP contribution in [0.3, 0.4) is 0 Å². The van der Waals surface area contributed by atoms with Crippen molar-refractivity contribution in [3.63, 3.8) is 0 Å². The summed E-state index contributed by atoms with van der Waals surface area (Å²) in [7, 11) is 1.78. The summed E-state index contributed by atoms with van der Waals surface area (Å²) in [6.07, 6.45) is 0. The van der Waals surface area contributed by atoms with E-state index < -0.39 is 0 Å². The molecule has 0 spiro atoms. The average molecular weight is 310 g/mol. The van der Waals surface area contributed by atoms with Crippen LogP contribution >= 0.6 is 22.9 Å². The van der Waals surface area contributed by atoms with Crippen LogP contribution < -0.4 is 4.74 Å². The molecular formula is C15H16ClNO2S. The Hall–Kier alpha value is -1.52. The molecule has 0 unspecified atom stereocenters. The third kappa shape index (κ3) is 3.74. The molecule has 0 aliphatic rings. The van der Waals surface area contributed by atoms with Gasteiger partial charge in [0.2, 0.25) is 0 Å². The van der Waals surface area contributed by atoms with Gasteiger partial charge in [0.05, 0.1) is 17.5 Å².